The summed E-state index contributed by atoms with van der Waals surface area (Å²) in [4.78, 5) is 37.6. The average Bonchev–Trinajstić information content (AvgIpc) is 3.39. The number of methoxy groups -OCH3 is 1. The largest absolute Gasteiger partial charge is 0.555 e. The summed E-state index contributed by atoms with van der Waals surface area (Å²) in [7, 11) is 1.30. The Balaban J connectivity index is 1.54. The number of rotatable bonds is 2. The van der Waals surface area contributed by atoms with Crippen molar-refractivity contribution in [2.45, 2.75) is 26.4 Å². The molecule has 1 atom stereocenters. The Hall–Kier alpha value is -3.47. The molecule has 11 nitrogen and oxygen atoms in total. The van der Waals surface area contributed by atoms with Gasteiger partial charge >= 0.3 is 12.2 Å². The molecule has 0 saturated carbocycles. The third-order valence-corrected chi connectivity index (χ3v) is 4.89. The number of nitrogens with zero attached hydrogens (tertiary/aromatic N) is 6. The Kier molecular flexibility index (Phi) is 5.13. The maximum Gasteiger partial charge on any atom is 0.555 e. The predicted molar refractivity (Wildman–Crippen MR) is 111 cm³/mol. The zero-order valence-electron chi connectivity index (χ0n) is 17.9. The van der Waals surface area contributed by atoms with E-state index < -0.39 is 16.3 Å². The molecule has 0 aliphatic carbocycles. The van der Waals surface area contributed by atoms with Crippen LogP contribution in [0.5, 0.6) is 0 Å². The molecule has 3 aliphatic rings. The standard InChI is InChI=1S/C20H25N6O5/c1-20(2,3)31-18(27)25-9-7-24(8-10-25)15-13-26(19(28)29-4)16(12-21-15)22-17(23-26)14-6-5-11-30-14/h5-6,11-13H,7-10H2,1-4H3/q+1. The maximum absolute atomic E-state index is 12.7. The highest BCUT2D eigenvalue weighted by atomic mass is 16.6. The molecule has 1 saturated heterocycles. The number of carbonyl (C=O) groups excluding carboxylic acids is 2. The summed E-state index contributed by atoms with van der Waals surface area (Å²) in [6.45, 7) is 7.53. The van der Waals surface area contributed by atoms with Gasteiger partial charge in [0.25, 0.3) is 11.7 Å². The average molecular weight is 429 g/mol. The van der Waals surface area contributed by atoms with Crippen LogP contribution in [0.1, 0.15) is 26.5 Å². The van der Waals surface area contributed by atoms with E-state index in [4.69, 9.17) is 13.9 Å². The second-order valence-corrected chi connectivity index (χ2v) is 8.23. The monoisotopic (exact) mass is 429 g/mol. The van der Waals surface area contributed by atoms with Crippen LogP contribution >= 0.6 is 0 Å². The number of quaternary nitrogens is 1. The summed E-state index contributed by atoms with van der Waals surface area (Å²) >= 11 is 0. The molecule has 0 N–H and O–H groups in total. The Morgan fingerprint density at radius 2 is 1.94 bits per heavy atom. The fourth-order valence-electron chi connectivity index (χ4n) is 3.39. The topological polar surface area (TPSA) is 109 Å². The first-order valence-corrected chi connectivity index (χ1v) is 9.92. The van der Waals surface area contributed by atoms with Gasteiger partial charge in [0.1, 0.15) is 11.8 Å². The van der Waals surface area contributed by atoms with E-state index in [0.29, 0.717) is 43.6 Å². The van der Waals surface area contributed by atoms with Crippen LogP contribution in [0.3, 0.4) is 0 Å². The Morgan fingerprint density at radius 3 is 2.55 bits per heavy atom. The number of amides is 2. The molecule has 3 aliphatic heterocycles. The molecule has 4 rings (SSSR count). The van der Waals surface area contributed by atoms with Gasteiger partial charge in [0, 0.05) is 26.2 Å². The SMILES string of the molecule is COC(=O)[N+]12C=C(N3CCN(C(=O)OC(C)(C)C)CC3)N=CC1=NC(c1ccco1)=N2. The number of ether oxygens (including phenoxy) is 2. The molecule has 164 valence electrons. The van der Waals surface area contributed by atoms with Crippen molar-refractivity contribution in [3.63, 3.8) is 0 Å². The van der Waals surface area contributed by atoms with Crippen LogP contribution in [0.4, 0.5) is 9.59 Å². The number of aliphatic imine (C=N–C) groups is 2. The van der Waals surface area contributed by atoms with Crippen molar-refractivity contribution in [3.8, 4) is 0 Å². The highest BCUT2D eigenvalue weighted by molar-refractivity contribution is 6.33. The van der Waals surface area contributed by atoms with Crippen LogP contribution in [0.15, 0.2) is 49.9 Å². The van der Waals surface area contributed by atoms with E-state index in [-0.39, 0.29) is 11.9 Å². The third-order valence-electron chi connectivity index (χ3n) is 4.89. The maximum atomic E-state index is 12.7. The fourth-order valence-corrected chi connectivity index (χ4v) is 3.39. The number of hydrogen-bond donors (Lipinski definition) is 0. The highest BCUT2D eigenvalue weighted by Gasteiger charge is 2.51. The van der Waals surface area contributed by atoms with Gasteiger partial charge in [-0.05, 0) is 42.6 Å². The summed E-state index contributed by atoms with van der Waals surface area (Å²) in [5.41, 5.74) is -0.545. The first-order chi connectivity index (χ1) is 14.7. The molecule has 0 spiro atoms. The van der Waals surface area contributed by atoms with Crippen molar-refractivity contribution in [1.29, 1.82) is 0 Å². The normalized spacial score (nSPS) is 23.0. The van der Waals surface area contributed by atoms with Crippen LogP contribution in [-0.2, 0) is 9.47 Å². The van der Waals surface area contributed by atoms with E-state index >= 15 is 0 Å². The molecule has 1 unspecified atom stereocenters. The van der Waals surface area contributed by atoms with Gasteiger partial charge < -0.3 is 23.7 Å². The third kappa shape index (κ3) is 3.96. The lowest BCUT2D eigenvalue weighted by Gasteiger charge is -2.37. The molecule has 4 heterocycles. The molecule has 1 aromatic rings. The molecule has 11 heteroatoms. The zero-order valence-corrected chi connectivity index (χ0v) is 17.9. The van der Waals surface area contributed by atoms with Gasteiger partial charge in [0.15, 0.2) is 17.8 Å². The Morgan fingerprint density at radius 1 is 1.19 bits per heavy atom. The summed E-state index contributed by atoms with van der Waals surface area (Å²) < 4.78 is 15.2. The molecule has 1 fully saturated rings. The summed E-state index contributed by atoms with van der Waals surface area (Å²) in [5, 5.41) is 4.49. The van der Waals surface area contributed by atoms with E-state index in [2.05, 4.69) is 15.1 Å². The van der Waals surface area contributed by atoms with Crippen molar-refractivity contribution < 1.29 is 28.1 Å². The highest BCUT2D eigenvalue weighted by Crippen LogP contribution is 2.29. The zero-order chi connectivity index (χ0) is 22.2. The number of hydrogen-bond acceptors (Lipinski definition) is 9. The fraction of sp³-hybridized carbons (Fsp3) is 0.450. The number of fused-ring (bicyclic) bond motifs is 1. The molecule has 0 bridgehead atoms. The lowest BCUT2D eigenvalue weighted by Crippen LogP contribution is -2.52. The van der Waals surface area contributed by atoms with Gasteiger partial charge in [-0.1, -0.05) is 0 Å². The van der Waals surface area contributed by atoms with Gasteiger partial charge in [0.05, 0.1) is 13.4 Å². The molecule has 1 aromatic heterocycles. The van der Waals surface area contributed by atoms with Gasteiger partial charge in [-0.25, -0.2) is 9.79 Å². The predicted octanol–water partition coefficient (Wildman–Crippen LogP) is 2.37. The summed E-state index contributed by atoms with van der Waals surface area (Å²) in [6.07, 6.45) is 3.66. The molecular formula is C20H25N6O5+. The van der Waals surface area contributed by atoms with Gasteiger partial charge in [-0.3, -0.25) is 0 Å². The summed E-state index contributed by atoms with van der Waals surface area (Å²) in [6, 6.07) is 3.43. The summed E-state index contributed by atoms with van der Waals surface area (Å²) in [5.74, 6) is 1.59. The Bertz CT molecular complexity index is 996. The molecule has 0 aromatic carbocycles. The van der Waals surface area contributed by atoms with E-state index in [1.165, 1.54) is 19.6 Å². The quantitative estimate of drug-likeness (QED) is 0.668. The van der Waals surface area contributed by atoms with Crippen molar-refractivity contribution in [1.82, 2.24) is 9.80 Å². The van der Waals surface area contributed by atoms with E-state index in [0.717, 1.165) is 0 Å². The van der Waals surface area contributed by atoms with Crippen molar-refractivity contribution in [2.24, 2.45) is 15.1 Å². The molecular weight excluding hydrogens is 404 g/mol. The van der Waals surface area contributed by atoms with Crippen molar-refractivity contribution >= 4 is 30.1 Å². The second kappa shape index (κ2) is 7.65. The minimum atomic E-state index is -0.614. The van der Waals surface area contributed by atoms with Gasteiger partial charge in [0.2, 0.25) is 0 Å². The van der Waals surface area contributed by atoms with Crippen molar-refractivity contribution in [3.05, 3.63) is 36.2 Å². The van der Waals surface area contributed by atoms with E-state index in [9.17, 15) is 9.59 Å². The second-order valence-electron chi connectivity index (χ2n) is 8.23. The number of piperazine rings is 1. The van der Waals surface area contributed by atoms with E-state index in [1.54, 1.807) is 23.2 Å². The number of amidine groups is 2. The smallest absolute Gasteiger partial charge is 0.461 e. The minimum absolute atomic E-state index is 0.282. The van der Waals surface area contributed by atoms with Crippen LogP contribution < -0.4 is 0 Å². The van der Waals surface area contributed by atoms with Crippen LogP contribution in [0, 0.1) is 0 Å². The van der Waals surface area contributed by atoms with Gasteiger partial charge in [-0.15, -0.1) is 0 Å². The Labute approximate surface area is 179 Å². The number of furan rings is 1. The van der Waals surface area contributed by atoms with Crippen LogP contribution in [-0.4, -0.2) is 83.4 Å². The van der Waals surface area contributed by atoms with Crippen LogP contribution in [0.2, 0.25) is 0 Å². The van der Waals surface area contributed by atoms with Crippen LogP contribution in [0.25, 0.3) is 0 Å². The van der Waals surface area contributed by atoms with E-state index in [1.807, 2.05) is 25.7 Å². The molecule has 31 heavy (non-hydrogen) atoms. The lowest BCUT2D eigenvalue weighted by atomic mass is 10.2. The number of carbonyl (C=O) groups is 2. The van der Waals surface area contributed by atoms with Crippen molar-refractivity contribution in [2.75, 3.05) is 33.3 Å². The van der Waals surface area contributed by atoms with Gasteiger partial charge in [-0.2, -0.15) is 9.79 Å². The lowest BCUT2D eigenvalue weighted by molar-refractivity contribution is -0.713. The molecule has 0 radical (unpaired) electrons. The molecule has 2 amide bonds. The first kappa shape index (κ1) is 20.8. The first-order valence-electron chi connectivity index (χ1n) is 9.92. The minimum Gasteiger partial charge on any atom is -0.461 e.